The zero-order chi connectivity index (χ0) is 27.3. The van der Waals surface area contributed by atoms with Crippen LogP contribution < -0.4 is 10.4 Å². The molecule has 204 valence electrons. The zero-order valence-electron chi connectivity index (χ0n) is 22.9. The highest BCUT2D eigenvalue weighted by Crippen LogP contribution is 2.65. The molecule has 2 aromatic heterocycles. The van der Waals surface area contributed by atoms with Crippen molar-refractivity contribution in [2.75, 3.05) is 6.61 Å². The van der Waals surface area contributed by atoms with Crippen molar-refractivity contribution < 1.29 is 28.2 Å². The van der Waals surface area contributed by atoms with Gasteiger partial charge in [0, 0.05) is 48.7 Å². The Kier molecular flexibility index (Phi) is 6.64. The Morgan fingerprint density at radius 1 is 1.16 bits per heavy atom. The third kappa shape index (κ3) is 4.31. The van der Waals surface area contributed by atoms with E-state index in [0.29, 0.717) is 36.3 Å². The number of carbonyl (C=O) groups is 2. The second-order valence-corrected chi connectivity index (χ2v) is 11.9. The Labute approximate surface area is 223 Å². The molecule has 0 N–H and O–H groups in total. The normalized spacial score (nSPS) is 33.7. The van der Waals surface area contributed by atoms with Gasteiger partial charge in [-0.25, -0.2) is 4.79 Å². The number of nitrogens with zero attached hydrogens (tertiary/aromatic N) is 1. The van der Waals surface area contributed by atoms with Gasteiger partial charge in [-0.2, -0.15) is 0 Å². The fourth-order valence-corrected chi connectivity index (χ4v) is 7.64. The number of hydrogen-bond acceptors (Lipinski definition) is 8. The van der Waals surface area contributed by atoms with Crippen molar-refractivity contribution in [2.45, 2.75) is 84.8 Å². The third-order valence-electron chi connectivity index (χ3n) is 9.59. The van der Waals surface area contributed by atoms with Gasteiger partial charge in [-0.1, -0.05) is 20.8 Å². The first-order chi connectivity index (χ1) is 18.0. The zero-order valence-corrected chi connectivity index (χ0v) is 22.9. The molecule has 0 spiro atoms. The van der Waals surface area contributed by atoms with Crippen LogP contribution in [0.2, 0.25) is 0 Å². The van der Waals surface area contributed by atoms with Gasteiger partial charge in [0.2, 0.25) is 0 Å². The highest BCUT2D eigenvalue weighted by Gasteiger charge is 2.65. The van der Waals surface area contributed by atoms with Crippen molar-refractivity contribution >= 4 is 11.9 Å². The summed E-state index contributed by atoms with van der Waals surface area (Å²) in [6.45, 7) is 9.87. The fourth-order valence-electron chi connectivity index (χ4n) is 7.64. The van der Waals surface area contributed by atoms with E-state index in [9.17, 15) is 14.4 Å². The van der Waals surface area contributed by atoms with Gasteiger partial charge in [-0.3, -0.25) is 14.6 Å². The highest BCUT2D eigenvalue weighted by atomic mass is 16.6. The summed E-state index contributed by atoms with van der Waals surface area (Å²) in [6.07, 6.45) is 6.89. The van der Waals surface area contributed by atoms with E-state index in [1.165, 1.54) is 6.92 Å². The maximum absolute atomic E-state index is 13.2. The van der Waals surface area contributed by atoms with Crippen LogP contribution in [0.1, 0.15) is 72.3 Å². The average Bonchev–Trinajstić information content (AvgIpc) is 2.88. The number of carbonyl (C=O) groups excluding carboxylic acids is 2. The van der Waals surface area contributed by atoms with Crippen molar-refractivity contribution in [1.29, 1.82) is 0 Å². The molecule has 1 aliphatic heterocycles. The third-order valence-corrected chi connectivity index (χ3v) is 9.59. The minimum Gasteiger partial charge on any atom is -0.487 e. The van der Waals surface area contributed by atoms with Crippen molar-refractivity contribution in [3.63, 3.8) is 0 Å². The van der Waals surface area contributed by atoms with Gasteiger partial charge in [0.25, 0.3) is 0 Å². The molecule has 6 atom stereocenters. The quantitative estimate of drug-likeness (QED) is 0.498. The summed E-state index contributed by atoms with van der Waals surface area (Å²) in [5, 5.41) is 0. The Morgan fingerprint density at radius 2 is 1.95 bits per heavy atom. The predicted octanol–water partition coefficient (Wildman–Crippen LogP) is 5.11. The van der Waals surface area contributed by atoms with E-state index in [2.05, 4.69) is 25.8 Å². The molecular weight excluding hydrogens is 486 g/mol. The van der Waals surface area contributed by atoms with Crippen LogP contribution in [-0.4, -0.2) is 35.2 Å². The van der Waals surface area contributed by atoms with Crippen LogP contribution in [0, 0.1) is 22.7 Å². The second kappa shape index (κ2) is 9.54. The van der Waals surface area contributed by atoms with Gasteiger partial charge in [-0.15, -0.1) is 0 Å². The molecule has 2 fully saturated rings. The smallest absolute Gasteiger partial charge is 0.343 e. The molecule has 0 saturated heterocycles. The Bertz CT molecular complexity index is 1290. The maximum Gasteiger partial charge on any atom is 0.343 e. The van der Waals surface area contributed by atoms with Crippen LogP contribution in [0.25, 0.3) is 11.3 Å². The topological polar surface area (TPSA) is 105 Å². The molecule has 38 heavy (non-hydrogen) atoms. The van der Waals surface area contributed by atoms with E-state index in [1.54, 1.807) is 25.4 Å². The lowest BCUT2D eigenvalue weighted by molar-refractivity contribution is -0.220. The van der Waals surface area contributed by atoms with Gasteiger partial charge in [0.1, 0.15) is 29.8 Å². The first-order valence-corrected chi connectivity index (χ1v) is 13.6. The summed E-state index contributed by atoms with van der Waals surface area (Å²) in [7, 11) is 0. The number of hydrogen-bond donors (Lipinski definition) is 0. The molecule has 2 saturated carbocycles. The lowest BCUT2D eigenvalue weighted by atomic mass is 9.43. The van der Waals surface area contributed by atoms with E-state index < -0.39 is 11.0 Å². The monoisotopic (exact) mass is 523 g/mol. The Balaban J connectivity index is 1.52. The van der Waals surface area contributed by atoms with E-state index in [-0.39, 0.29) is 47.5 Å². The number of ether oxygens (including phenoxy) is 3. The van der Waals surface area contributed by atoms with Crippen molar-refractivity contribution in [1.82, 2.24) is 4.98 Å². The van der Waals surface area contributed by atoms with Gasteiger partial charge in [0.05, 0.1) is 5.56 Å². The second-order valence-electron chi connectivity index (χ2n) is 11.9. The summed E-state index contributed by atoms with van der Waals surface area (Å²) in [5.74, 6) is 0.558. The van der Waals surface area contributed by atoms with Crippen molar-refractivity contribution in [3.05, 3.63) is 46.6 Å². The standard InChI is InChI=1S/C30H37NO7/c1-6-26(33)37-25-10-11-28(3)23(29(25,4)17-35-18(2)32)9-12-30(5)24(28)14-20-22(38-30)15-21(36-27(20)34)19-8-7-13-31-16-19/h7-8,13,15-16,23-25H,6,9-12,14,17H2,1-5H3/t23-,24-,25+,28+,29+,30-/m1/s1. The van der Waals surface area contributed by atoms with E-state index >= 15 is 0 Å². The summed E-state index contributed by atoms with van der Waals surface area (Å²) in [6, 6.07) is 5.47. The van der Waals surface area contributed by atoms with E-state index in [4.69, 9.17) is 18.6 Å². The predicted molar refractivity (Wildman–Crippen MR) is 139 cm³/mol. The molecule has 0 radical (unpaired) electrons. The molecule has 8 nitrogen and oxygen atoms in total. The molecular formula is C30H37NO7. The number of fused-ring (bicyclic) bond motifs is 4. The van der Waals surface area contributed by atoms with Crippen LogP contribution in [0.15, 0.2) is 39.8 Å². The molecule has 2 aromatic rings. The van der Waals surface area contributed by atoms with Crippen LogP contribution in [0.5, 0.6) is 5.75 Å². The first-order valence-electron chi connectivity index (χ1n) is 13.6. The minimum absolute atomic E-state index is 0.0351. The summed E-state index contributed by atoms with van der Waals surface area (Å²) >= 11 is 0. The van der Waals surface area contributed by atoms with Crippen LogP contribution >= 0.6 is 0 Å². The van der Waals surface area contributed by atoms with E-state index in [1.807, 2.05) is 12.1 Å². The molecule has 0 unspecified atom stereocenters. The van der Waals surface area contributed by atoms with Crippen molar-refractivity contribution in [2.24, 2.45) is 22.7 Å². The number of aromatic nitrogens is 1. The SMILES string of the molecule is CCC(=O)O[C@H]1CC[C@@]2(C)[C@@H](CC[C@@]3(C)Oc4cc(-c5cccnc5)oc(=O)c4C[C@H]23)[C@]1(C)COC(C)=O. The lowest BCUT2D eigenvalue weighted by Crippen LogP contribution is -2.65. The van der Waals surface area contributed by atoms with Crippen LogP contribution in [-0.2, 0) is 25.5 Å². The average molecular weight is 524 g/mol. The molecule has 5 rings (SSSR count). The van der Waals surface area contributed by atoms with Gasteiger partial charge < -0.3 is 18.6 Å². The number of rotatable bonds is 5. The number of pyridine rings is 1. The molecule has 2 aliphatic carbocycles. The lowest BCUT2D eigenvalue weighted by Gasteiger charge is -2.64. The summed E-state index contributed by atoms with van der Waals surface area (Å²) in [5.41, 5.74) is -0.373. The number of esters is 2. The summed E-state index contributed by atoms with van der Waals surface area (Å²) in [4.78, 5) is 41.5. The summed E-state index contributed by atoms with van der Waals surface area (Å²) < 4.78 is 24.0. The van der Waals surface area contributed by atoms with Crippen molar-refractivity contribution in [3.8, 4) is 17.1 Å². The fraction of sp³-hybridized carbons (Fsp3) is 0.600. The first kappa shape index (κ1) is 26.4. The maximum atomic E-state index is 13.2. The van der Waals surface area contributed by atoms with Gasteiger partial charge in [-0.05, 0) is 62.5 Å². The van der Waals surface area contributed by atoms with Gasteiger partial charge >= 0.3 is 17.6 Å². The highest BCUT2D eigenvalue weighted by molar-refractivity contribution is 5.69. The van der Waals surface area contributed by atoms with Crippen LogP contribution in [0.3, 0.4) is 0 Å². The van der Waals surface area contributed by atoms with Crippen LogP contribution in [0.4, 0.5) is 0 Å². The molecule has 3 aliphatic rings. The van der Waals surface area contributed by atoms with Gasteiger partial charge in [0.15, 0.2) is 0 Å². The Hall–Kier alpha value is -3.16. The minimum atomic E-state index is -0.556. The molecule has 8 heteroatoms. The molecule has 0 aromatic carbocycles. The molecule has 0 amide bonds. The molecule has 3 heterocycles. The molecule has 0 bridgehead atoms. The largest absolute Gasteiger partial charge is 0.487 e. The van der Waals surface area contributed by atoms with E-state index in [0.717, 1.165) is 24.8 Å². The Morgan fingerprint density at radius 3 is 2.63 bits per heavy atom.